The first-order valence-corrected chi connectivity index (χ1v) is 2.54. The van der Waals surface area contributed by atoms with Gasteiger partial charge in [0.2, 0.25) is 0 Å². The van der Waals surface area contributed by atoms with Gasteiger partial charge in [-0.2, -0.15) is 0 Å². The van der Waals surface area contributed by atoms with Crippen molar-refractivity contribution >= 4 is 11.6 Å². The Kier molecular flexibility index (Phi) is 1.42. The molecule has 3 heteroatoms. The molecule has 1 fully saturated rings. The number of hydrogen-bond donors (Lipinski definition) is 1. The molecule has 0 aromatic carbocycles. The van der Waals surface area contributed by atoms with Crippen LogP contribution in [-0.4, -0.2) is 13.2 Å². The Hall–Kier alpha value is -0.370. The van der Waals surface area contributed by atoms with Crippen LogP contribution < -0.4 is 5.32 Å². The van der Waals surface area contributed by atoms with Gasteiger partial charge in [-0.3, -0.25) is 0 Å². The van der Waals surface area contributed by atoms with Crippen molar-refractivity contribution in [3.8, 4) is 0 Å². The first kappa shape index (κ1) is 4.78. The van der Waals surface area contributed by atoms with E-state index < -0.39 is 0 Å². The highest BCUT2D eigenvalue weighted by Crippen LogP contribution is 1.99. The molecule has 1 rings (SSSR count). The van der Waals surface area contributed by atoms with Gasteiger partial charge in [-0.25, -0.2) is 0 Å². The largest absolute Gasteiger partial charge is 0.477 e. The number of nitrogens with one attached hydrogen (secondary N) is 1. The molecule has 0 atom stereocenters. The summed E-state index contributed by atoms with van der Waals surface area (Å²) in [6, 6.07) is 0. The molecule has 0 aliphatic carbocycles. The Bertz CT molecular complexity index is 83.7. The molecule has 0 spiro atoms. The minimum absolute atomic E-state index is 0.682. The standard InChI is InChI=1S/C4H6ClNO/c5-3-4-6-1-2-7-4/h3,6H,1-2H2. The van der Waals surface area contributed by atoms with Crippen LogP contribution >= 0.6 is 11.6 Å². The lowest BCUT2D eigenvalue weighted by atomic mass is 10.7. The van der Waals surface area contributed by atoms with E-state index in [1.54, 1.807) is 0 Å². The van der Waals surface area contributed by atoms with E-state index in [0.717, 1.165) is 13.2 Å². The highest BCUT2D eigenvalue weighted by molar-refractivity contribution is 6.25. The SMILES string of the molecule is ClC=C1NCCO1. The van der Waals surface area contributed by atoms with Crippen molar-refractivity contribution in [3.05, 3.63) is 11.4 Å². The van der Waals surface area contributed by atoms with Crippen LogP contribution in [0.5, 0.6) is 0 Å². The highest BCUT2D eigenvalue weighted by Gasteiger charge is 2.02. The predicted octanol–water partition coefficient (Wildman–Crippen LogP) is 0.644. The molecule has 0 aromatic rings. The maximum absolute atomic E-state index is 5.26. The lowest BCUT2D eigenvalue weighted by Crippen LogP contribution is -2.03. The molecule has 7 heavy (non-hydrogen) atoms. The first-order chi connectivity index (χ1) is 3.43. The van der Waals surface area contributed by atoms with E-state index >= 15 is 0 Å². The predicted molar refractivity (Wildman–Crippen MR) is 27.9 cm³/mol. The third-order valence-electron chi connectivity index (χ3n) is 0.758. The average molecular weight is 120 g/mol. The van der Waals surface area contributed by atoms with Gasteiger partial charge in [-0.05, 0) is 0 Å². The summed E-state index contributed by atoms with van der Waals surface area (Å²) in [5.41, 5.74) is 1.40. The van der Waals surface area contributed by atoms with Crippen LogP contribution in [0.2, 0.25) is 0 Å². The van der Waals surface area contributed by atoms with Crippen LogP contribution in [0.3, 0.4) is 0 Å². The fourth-order valence-electron chi connectivity index (χ4n) is 0.456. The molecular formula is C4H6ClNO. The number of halogens is 1. The quantitative estimate of drug-likeness (QED) is 0.506. The fraction of sp³-hybridized carbons (Fsp3) is 0.500. The Balaban J connectivity index is 2.41. The maximum Gasteiger partial charge on any atom is 0.198 e. The zero-order valence-electron chi connectivity index (χ0n) is 3.78. The van der Waals surface area contributed by atoms with E-state index in [-0.39, 0.29) is 0 Å². The molecule has 1 heterocycles. The van der Waals surface area contributed by atoms with Gasteiger partial charge in [0.15, 0.2) is 5.88 Å². The van der Waals surface area contributed by atoms with E-state index in [2.05, 4.69) is 5.32 Å². The Morgan fingerprint density at radius 1 is 1.86 bits per heavy atom. The third kappa shape index (κ3) is 0.996. The van der Waals surface area contributed by atoms with Gasteiger partial charge in [0.25, 0.3) is 0 Å². The molecule has 1 aliphatic rings. The molecular weight excluding hydrogens is 114 g/mol. The highest BCUT2D eigenvalue weighted by atomic mass is 35.5. The van der Waals surface area contributed by atoms with E-state index in [9.17, 15) is 0 Å². The second-order valence-corrected chi connectivity index (χ2v) is 1.47. The molecule has 0 radical (unpaired) electrons. The van der Waals surface area contributed by atoms with E-state index in [1.807, 2.05) is 0 Å². The van der Waals surface area contributed by atoms with Crippen LogP contribution in [0, 0.1) is 0 Å². The Morgan fingerprint density at radius 3 is 3.00 bits per heavy atom. The number of hydrogen-bond acceptors (Lipinski definition) is 2. The minimum Gasteiger partial charge on any atom is -0.477 e. The lowest BCUT2D eigenvalue weighted by Gasteiger charge is -1.90. The molecule has 40 valence electrons. The second-order valence-electron chi connectivity index (χ2n) is 1.25. The maximum atomic E-state index is 5.26. The lowest BCUT2D eigenvalue weighted by molar-refractivity contribution is 0.266. The van der Waals surface area contributed by atoms with Crippen molar-refractivity contribution in [2.45, 2.75) is 0 Å². The van der Waals surface area contributed by atoms with E-state index in [0.29, 0.717) is 5.88 Å². The van der Waals surface area contributed by atoms with Crippen molar-refractivity contribution in [2.24, 2.45) is 0 Å². The van der Waals surface area contributed by atoms with Crippen molar-refractivity contribution in [1.29, 1.82) is 0 Å². The number of rotatable bonds is 0. The summed E-state index contributed by atoms with van der Waals surface area (Å²) in [6.07, 6.45) is 0. The normalized spacial score (nSPS) is 24.4. The zero-order chi connectivity index (χ0) is 5.11. The zero-order valence-corrected chi connectivity index (χ0v) is 4.53. The summed E-state index contributed by atoms with van der Waals surface area (Å²) in [5, 5.41) is 2.91. The minimum atomic E-state index is 0.682. The third-order valence-corrected chi connectivity index (χ3v) is 0.956. The van der Waals surface area contributed by atoms with Crippen molar-refractivity contribution in [3.63, 3.8) is 0 Å². The van der Waals surface area contributed by atoms with Gasteiger partial charge in [-0.1, -0.05) is 11.6 Å². The van der Waals surface area contributed by atoms with Crippen LogP contribution in [0.1, 0.15) is 0 Å². The second kappa shape index (κ2) is 2.07. The van der Waals surface area contributed by atoms with Gasteiger partial charge >= 0.3 is 0 Å². The molecule has 0 saturated carbocycles. The van der Waals surface area contributed by atoms with Gasteiger partial charge in [0.1, 0.15) is 6.61 Å². The van der Waals surface area contributed by atoms with Gasteiger partial charge < -0.3 is 10.1 Å². The molecule has 1 N–H and O–H groups in total. The van der Waals surface area contributed by atoms with E-state index in [4.69, 9.17) is 16.3 Å². The molecule has 0 amide bonds. The van der Waals surface area contributed by atoms with Crippen LogP contribution in [0.4, 0.5) is 0 Å². The van der Waals surface area contributed by atoms with Crippen molar-refractivity contribution in [2.75, 3.05) is 13.2 Å². The molecule has 1 aliphatic heterocycles. The number of ether oxygens (including phenoxy) is 1. The van der Waals surface area contributed by atoms with Gasteiger partial charge in [0.05, 0.1) is 12.1 Å². The van der Waals surface area contributed by atoms with E-state index in [1.165, 1.54) is 5.54 Å². The van der Waals surface area contributed by atoms with Crippen molar-refractivity contribution < 1.29 is 4.74 Å². The summed E-state index contributed by atoms with van der Waals surface area (Å²) in [7, 11) is 0. The van der Waals surface area contributed by atoms with Gasteiger partial charge in [-0.15, -0.1) is 0 Å². The van der Waals surface area contributed by atoms with Crippen molar-refractivity contribution in [1.82, 2.24) is 5.32 Å². The van der Waals surface area contributed by atoms with Crippen LogP contribution in [0.25, 0.3) is 0 Å². The summed E-state index contributed by atoms with van der Waals surface area (Å²) in [6.45, 7) is 1.61. The first-order valence-electron chi connectivity index (χ1n) is 2.10. The fourth-order valence-corrected chi connectivity index (χ4v) is 0.596. The Morgan fingerprint density at radius 2 is 2.71 bits per heavy atom. The molecule has 2 nitrogen and oxygen atoms in total. The smallest absolute Gasteiger partial charge is 0.198 e. The van der Waals surface area contributed by atoms with Crippen LogP contribution in [-0.2, 0) is 4.74 Å². The molecule has 0 unspecified atom stereocenters. The summed E-state index contributed by atoms with van der Waals surface area (Å²) in [4.78, 5) is 0. The molecule has 0 aromatic heterocycles. The van der Waals surface area contributed by atoms with Gasteiger partial charge in [0, 0.05) is 0 Å². The van der Waals surface area contributed by atoms with Crippen LogP contribution in [0.15, 0.2) is 11.4 Å². The molecule has 0 bridgehead atoms. The summed E-state index contributed by atoms with van der Waals surface area (Å²) >= 11 is 5.26. The summed E-state index contributed by atoms with van der Waals surface area (Å²) in [5.74, 6) is 0.682. The summed E-state index contributed by atoms with van der Waals surface area (Å²) < 4.78 is 4.92. The Labute approximate surface area is 47.1 Å². The molecule has 1 saturated heterocycles. The average Bonchev–Trinajstić information content (AvgIpc) is 2.14. The topological polar surface area (TPSA) is 21.3 Å². The monoisotopic (exact) mass is 119 g/mol.